The number of hydrogen-bond donors (Lipinski definition) is 2. The number of pyridine rings is 1. The monoisotopic (exact) mass is 222 g/mol. The highest BCUT2D eigenvalue weighted by atomic mass is 16.5. The van der Waals surface area contributed by atoms with Crippen LogP contribution in [0.4, 0.5) is 5.82 Å². The highest BCUT2D eigenvalue weighted by molar-refractivity contribution is 5.40. The Morgan fingerprint density at radius 2 is 2.38 bits per heavy atom. The van der Waals surface area contributed by atoms with Gasteiger partial charge in [-0.25, -0.2) is 4.98 Å². The molecule has 0 radical (unpaired) electrons. The van der Waals surface area contributed by atoms with Crippen molar-refractivity contribution in [1.29, 1.82) is 0 Å². The molecule has 0 amide bonds. The highest BCUT2D eigenvalue weighted by Crippen LogP contribution is 2.21. The summed E-state index contributed by atoms with van der Waals surface area (Å²) in [6, 6.07) is 4.10. The number of fused-ring (bicyclic) bond motifs is 1. The van der Waals surface area contributed by atoms with E-state index in [0.29, 0.717) is 13.2 Å². The Morgan fingerprint density at radius 3 is 3.19 bits per heavy atom. The van der Waals surface area contributed by atoms with Crippen LogP contribution in [0.2, 0.25) is 0 Å². The van der Waals surface area contributed by atoms with Crippen molar-refractivity contribution >= 4 is 5.82 Å². The first-order valence-electron chi connectivity index (χ1n) is 5.69. The standard InChI is InChI=1S/C12H18N2O2/c1-16-8-10(15)7-13-12-6-5-9-3-2-4-11(9)14-12/h5-6,10,15H,2-4,7-8H2,1H3,(H,13,14). The van der Waals surface area contributed by atoms with Crippen molar-refractivity contribution in [3.8, 4) is 0 Å². The van der Waals surface area contributed by atoms with Crippen LogP contribution in [-0.2, 0) is 17.6 Å². The van der Waals surface area contributed by atoms with E-state index in [1.54, 1.807) is 7.11 Å². The van der Waals surface area contributed by atoms with Crippen LogP contribution in [-0.4, -0.2) is 36.5 Å². The molecule has 1 aromatic heterocycles. The number of nitrogens with one attached hydrogen (secondary N) is 1. The van der Waals surface area contributed by atoms with E-state index in [0.717, 1.165) is 18.7 Å². The van der Waals surface area contributed by atoms with Crippen LogP contribution in [0.1, 0.15) is 17.7 Å². The Hall–Kier alpha value is -1.13. The number of hydrogen-bond acceptors (Lipinski definition) is 4. The highest BCUT2D eigenvalue weighted by Gasteiger charge is 2.12. The fourth-order valence-corrected chi connectivity index (χ4v) is 1.99. The molecule has 0 bridgehead atoms. The molecule has 4 nitrogen and oxygen atoms in total. The number of aryl methyl sites for hydroxylation is 2. The minimum Gasteiger partial charge on any atom is -0.389 e. The van der Waals surface area contributed by atoms with Gasteiger partial charge in [0.15, 0.2) is 0 Å². The maximum Gasteiger partial charge on any atom is 0.126 e. The van der Waals surface area contributed by atoms with Gasteiger partial charge in [0, 0.05) is 19.3 Å². The normalized spacial score (nSPS) is 15.9. The number of anilines is 1. The van der Waals surface area contributed by atoms with E-state index in [9.17, 15) is 5.11 Å². The molecule has 1 atom stereocenters. The van der Waals surface area contributed by atoms with Crippen molar-refractivity contribution < 1.29 is 9.84 Å². The van der Waals surface area contributed by atoms with Gasteiger partial charge in [-0.3, -0.25) is 0 Å². The Balaban J connectivity index is 1.90. The summed E-state index contributed by atoms with van der Waals surface area (Å²) in [6.07, 6.45) is 2.94. The first-order valence-corrected chi connectivity index (χ1v) is 5.69. The van der Waals surface area contributed by atoms with Crippen LogP contribution in [0.25, 0.3) is 0 Å². The molecule has 0 saturated heterocycles. The van der Waals surface area contributed by atoms with E-state index in [2.05, 4.69) is 16.4 Å². The van der Waals surface area contributed by atoms with Crippen LogP contribution in [0.15, 0.2) is 12.1 Å². The maximum absolute atomic E-state index is 9.49. The molecule has 88 valence electrons. The first kappa shape index (κ1) is 11.4. The van der Waals surface area contributed by atoms with Gasteiger partial charge >= 0.3 is 0 Å². The number of aliphatic hydroxyl groups is 1. The molecule has 1 aliphatic rings. The maximum atomic E-state index is 9.49. The van der Waals surface area contributed by atoms with Gasteiger partial charge in [0.25, 0.3) is 0 Å². The second kappa shape index (κ2) is 5.27. The molecule has 0 saturated carbocycles. The molecule has 0 spiro atoms. The molecule has 2 rings (SSSR count). The summed E-state index contributed by atoms with van der Waals surface area (Å²) in [5, 5.41) is 12.6. The van der Waals surface area contributed by atoms with E-state index < -0.39 is 6.10 Å². The fourth-order valence-electron chi connectivity index (χ4n) is 1.99. The van der Waals surface area contributed by atoms with Crippen molar-refractivity contribution in [2.24, 2.45) is 0 Å². The van der Waals surface area contributed by atoms with E-state index >= 15 is 0 Å². The average molecular weight is 222 g/mol. The second-order valence-electron chi connectivity index (χ2n) is 4.15. The van der Waals surface area contributed by atoms with Gasteiger partial charge in [0.2, 0.25) is 0 Å². The van der Waals surface area contributed by atoms with Crippen LogP contribution >= 0.6 is 0 Å². The van der Waals surface area contributed by atoms with Crippen LogP contribution < -0.4 is 5.32 Å². The number of nitrogens with zero attached hydrogens (tertiary/aromatic N) is 1. The van der Waals surface area contributed by atoms with Crippen LogP contribution in [0.3, 0.4) is 0 Å². The molecule has 0 aromatic carbocycles. The van der Waals surface area contributed by atoms with Gasteiger partial charge in [0.05, 0.1) is 12.7 Å². The Morgan fingerprint density at radius 1 is 1.50 bits per heavy atom. The van der Waals surface area contributed by atoms with Crippen molar-refractivity contribution in [3.05, 3.63) is 23.4 Å². The van der Waals surface area contributed by atoms with Crippen molar-refractivity contribution in [2.75, 3.05) is 25.6 Å². The summed E-state index contributed by atoms with van der Waals surface area (Å²) in [5.74, 6) is 0.843. The predicted octanol–water partition coefficient (Wildman–Crippen LogP) is 0.989. The summed E-state index contributed by atoms with van der Waals surface area (Å²) >= 11 is 0. The minimum atomic E-state index is -0.486. The molecule has 4 heteroatoms. The third-order valence-electron chi connectivity index (χ3n) is 2.81. The van der Waals surface area contributed by atoms with Gasteiger partial charge < -0.3 is 15.2 Å². The van der Waals surface area contributed by atoms with E-state index in [1.165, 1.54) is 17.7 Å². The summed E-state index contributed by atoms with van der Waals surface area (Å²) in [6.45, 7) is 0.817. The largest absolute Gasteiger partial charge is 0.389 e. The molecule has 16 heavy (non-hydrogen) atoms. The molecule has 1 heterocycles. The Bertz CT molecular complexity index is 355. The molecular weight excluding hydrogens is 204 g/mol. The molecule has 2 N–H and O–H groups in total. The lowest BCUT2D eigenvalue weighted by molar-refractivity contribution is 0.0727. The average Bonchev–Trinajstić information content (AvgIpc) is 2.74. The quantitative estimate of drug-likeness (QED) is 0.780. The van der Waals surface area contributed by atoms with Crippen molar-refractivity contribution in [1.82, 2.24) is 4.98 Å². The lowest BCUT2D eigenvalue weighted by atomic mass is 10.2. The number of rotatable bonds is 5. The third-order valence-corrected chi connectivity index (χ3v) is 2.81. The number of aliphatic hydroxyl groups excluding tert-OH is 1. The number of methoxy groups -OCH3 is 1. The lowest BCUT2D eigenvalue weighted by Gasteiger charge is -2.11. The summed E-state index contributed by atoms with van der Waals surface area (Å²) < 4.78 is 4.86. The van der Waals surface area contributed by atoms with Crippen LogP contribution in [0.5, 0.6) is 0 Å². The summed E-state index contributed by atoms with van der Waals surface area (Å²) in [5.41, 5.74) is 2.56. The Kier molecular flexibility index (Phi) is 3.74. The smallest absolute Gasteiger partial charge is 0.126 e. The lowest BCUT2D eigenvalue weighted by Crippen LogP contribution is -2.24. The van der Waals surface area contributed by atoms with Gasteiger partial charge in [-0.1, -0.05) is 6.07 Å². The molecule has 0 aliphatic heterocycles. The third kappa shape index (κ3) is 2.71. The number of ether oxygens (including phenoxy) is 1. The van der Waals surface area contributed by atoms with Gasteiger partial charge in [-0.15, -0.1) is 0 Å². The molecule has 1 aromatic rings. The summed E-state index contributed by atoms with van der Waals surface area (Å²) in [4.78, 5) is 4.52. The van der Waals surface area contributed by atoms with E-state index in [-0.39, 0.29) is 0 Å². The summed E-state index contributed by atoms with van der Waals surface area (Å²) in [7, 11) is 1.58. The molecular formula is C12H18N2O2. The zero-order valence-corrected chi connectivity index (χ0v) is 9.57. The molecule has 0 fully saturated rings. The minimum absolute atomic E-state index is 0.345. The van der Waals surface area contributed by atoms with Gasteiger partial charge in [-0.2, -0.15) is 0 Å². The van der Waals surface area contributed by atoms with E-state index in [4.69, 9.17) is 4.74 Å². The van der Waals surface area contributed by atoms with Crippen molar-refractivity contribution in [3.63, 3.8) is 0 Å². The van der Waals surface area contributed by atoms with Crippen molar-refractivity contribution in [2.45, 2.75) is 25.4 Å². The fraction of sp³-hybridized carbons (Fsp3) is 0.583. The molecule has 1 unspecified atom stereocenters. The molecule has 1 aliphatic carbocycles. The van der Waals surface area contributed by atoms with Crippen LogP contribution in [0, 0.1) is 0 Å². The first-order chi connectivity index (χ1) is 7.79. The zero-order valence-electron chi connectivity index (χ0n) is 9.57. The SMILES string of the molecule is COCC(O)CNc1ccc2c(n1)CCC2. The van der Waals surface area contributed by atoms with Gasteiger partial charge in [-0.05, 0) is 30.9 Å². The zero-order chi connectivity index (χ0) is 11.4. The second-order valence-corrected chi connectivity index (χ2v) is 4.15. The van der Waals surface area contributed by atoms with Gasteiger partial charge in [0.1, 0.15) is 5.82 Å². The topological polar surface area (TPSA) is 54.4 Å². The van der Waals surface area contributed by atoms with E-state index in [1.807, 2.05) is 6.07 Å². The number of aromatic nitrogens is 1. The Labute approximate surface area is 95.7 Å². The predicted molar refractivity (Wildman–Crippen MR) is 62.6 cm³/mol.